The van der Waals surface area contributed by atoms with Crippen molar-refractivity contribution in [1.82, 2.24) is 14.8 Å². The number of nitrogens with one attached hydrogen (secondary N) is 1. The van der Waals surface area contributed by atoms with E-state index in [9.17, 15) is 4.79 Å². The maximum Gasteiger partial charge on any atom is 0.234 e. The number of nitrogens with zero attached hydrogens (tertiary/aromatic N) is 3. The number of thioether (sulfide) groups is 1. The highest BCUT2D eigenvalue weighted by Crippen LogP contribution is 2.22. The highest BCUT2D eigenvalue weighted by molar-refractivity contribution is 9.10. The minimum absolute atomic E-state index is 0.104. The zero-order chi connectivity index (χ0) is 21.5. The van der Waals surface area contributed by atoms with E-state index < -0.39 is 0 Å². The van der Waals surface area contributed by atoms with Gasteiger partial charge in [0.1, 0.15) is 12.4 Å². The van der Waals surface area contributed by atoms with Crippen LogP contribution in [-0.2, 0) is 17.9 Å². The molecule has 2 aromatic carbocycles. The highest BCUT2D eigenvalue weighted by Gasteiger charge is 2.14. The third kappa shape index (κ3) is 5.73. The first-order valence-corrected chi connectivity index (χ1v) is 11.2. The summed E-state index contributed by atoms with van der Waals surface area (Å²) in [6.45, 7) is 8.61. The number of carbonyl (C=O) groups excluding carboxylic acids is 1. The van der Waals surface area contributed by atoms with Crippen molar-refractivity contribution in [3.8, 4) is 5.75 Å². The number of para-hydroxylation sites is 1. The van der Waals surface area contributed by atoms with E-state index in [2.05, 4.69) is 38.0 Å². The van der Waals surface area contributed by atoms with E-state index in [0.29, 0.717) is 17.5 Å². The average Bonchev–Trinajstić information content (AvgIpc) is 3.10. The Morgan fingerprint density at radius 1 is 1.23 bits per heavy atom. The minimum Gasteiger partial charge on any atom is -0.485 e. The molecule has 0 aliphatic rings. The highest BCUT2D eigenvalue weighted by atomic mass is 79.9. The number of halogens is 1. The number of allylic oxidation sites excluding steroid dienone is 1. The number of hydrogen-bond donors (Lipinski definition) is 1. The van der Waals surface area contributed by atoms with Crippen LogP contribution >= 0.6 is 27.7 Å². The van der Waals surface area contributed by atoms with Gasteiger partial charge in [-0.15, -0.1) is 16.8 Å². The summed E-state index contributed by atoms with van der Waals surface area (Å²) < 4.78 is 8.82. The van der Waals surface area contributed by atoms with Crippen LogP contribution in [0.1, 0.15) is 17.0 Å². The number of benzene rings is 2. The van der Waals surface area contributed by atoms with E-state index in [0.717, 1.165) is 27.0 Å². The van der Waals surface area contributed by atoms with Crippen LogP contribution < -0.4 is 10.1 Å². The molecule has 3 aromatic rings. The summed E-state index contributed by atoms with van der Waals surface area (Å²) in [4.78, 5) is 12.4. The summed E-state index contributed by atoms with van der Waals surface area (Å²) in [5, 5.41) is 12.0. The van der Waals surface area contributed by atoms with Crippen molar-refractivity contribution in [3.05, 3.63) is 76.5 Å². The number of rotatable bonds is 9. The Labute approximate surface area is 188 Å². The molecule has 0 saturated carbocycles. The van der Waals surface area contributed by atoms with E-state index >= 15 is 0 Å². The van der Waals surface area contributed by atoms with Crippen molar-refractivity contribution in [3.63, 3.8) is 0 Å². The summed E-state index contributed by atoms with van der Waals surface area (Å²) in [5.41, 5.74) is 2.88. The number of hydrogen-bond acceptors (Lipinski definition) is 5. The summed E-state index contributed by atoms with van der Waals surface area (Å²) in [7, 11) is 0. The standard InChI is InChI=1S/C22H23BrN4O2S/c1-4-11-27-20(13-29-19-8-6-5-7-15(19)2)25-26-22(27)30-14-21(28)24-17-9-10-18(23)16(3)12-17/h4-10,12H,1,11,13-14H2,2-3H3,(H,24,28). The molecule has 0 unspecified atom stereocenters. The van der Waals surface area contributed by atoms with Crippen LogP contribution in [-0.4, -0.2) is 26.4 Å². The number of anilines is 1. The van der Waals surface area contributed by atoms with Gasteiger partial charge in [0, 0.05) is 16.7 Å². The lowest BCUT2D eigenvalue weighted by atomic mass is 10.2. The van der Waals surface area contributed by atoms with Crippen molar-refractivity contribution in [2.75, 3.05) is 11.1 Å². The average molecular weight is 487 g/mol. The van der Waals surface area contributed by atoms with Gasteiger partial charge in [-0.3, -0.25) is 9.36 Å². The Balaban J connectivity index is 1.62. The van der Waals surface area contributed by atoms with Gasteiger partial charge in [-0.05, 0) is 49.2 Å². The molecule has 0 atom stereocenters. The van der Waals surface area contributed by atoms with Crippen LogP contribution in [0.15, 0.2) is 64.7 Å². The lowest BCUT2D eigenvalue weighted by Gasteiger charge is -2.11. The first kappa shape index (κ1) is 22.1. The predicted octanol–water partition coefficient (Wildman–Crippen LogP) is 5.15. The van der Waals surface area contributed by atoms with Crippen LogP contribution in [0.2, 0.25) is 0 Å². The molecule has 0 fully saturated rings. The normalized spacial score (nSPS) is 10.6. The van der Waals surface area contributed by atoms with Crippen LogP contribution in [0.25, 0.3) is 0 Å². The molecule has 0 aliphatic heterocycles. The van der Waals surface area contributed by atoms with Gasteiger partial charge in [0.2, 0.25) is 5.91 Å². The Bertz CT molecular complexity index is 1050. The smallest absolute Gasteiger partial charge is 0.234 e. The second-order valence-corrected chi connectivity index (χ2v) is 8.45. The van der Waals surface area contributed by atoms with Crippen molar-refractivity contribution in [2.45, 2.75) is 32.2 Å². The molecule has 1 N–H and O–H groups in total. The fourth-order valence-corrected chi connectivity index (χ4v) is 3.77. The molecule has 156 valence electrons. The fraction of sp³-hybridized carbons (Fsp3) is 0.227. The molecule has 0 saturated heterocycles. The van der Waals surface area contributed by atoms with Gasteiger partial charge in [0.25, 0.3) is 0 Å². The molecule has 0 spiro atoms. The first-order chi connectivity index (χ1) is 14.5. The molecule has 1 aromatic heterocycles. The number of amides is 1. The molecule has 1 heterocycles. The lowest BCUT2D eigenvalue weighted by molar-refractivity contribution is -0.113. The van der Waals surface area contributed by atoms with Crippen LogP contribution in [0.4, 0.5) is 5.69 Å². The van der Waals surface area contributed by atoms with Crippen molar-refractivity contribution in [1.29, 1.82) is 0 Å². The summed E-state index contributed by atoms with van der Waals surface area (Å²) in [5.74, 6) is 1.62. The van der Waals surface area contributed by atoms with Crippen LogP contribution in [0.3, 0.4) is 0 Å². The maximum absolute atomic E-state index is 12.4. The lowest BCUT2D eigenvalue weighted by Crippen LogP contribution is -2.15. The quantitative estimate of drug-likeness (QED) is 0.334. The van der Waals surface area contributed by atoms with E-state index in [4.69, 9.17) is 4.74 Å². The molecular weight excluding hydrogens is 464 g/mol. The fourth-order valence-electron chi connectivity index (χ4n) is 2.76. The third-order valence-electron chi connectivity index (χ3n) is 4.33. The monoisotopic (exact) mass is 486 g/mol. The third-order valence-corrected chi connectivity index (χ3v) is 6.19. The number of aromatic nitrogens is 3. The van der Waals surface area contributed by atoms with Crippen molar-refractivity contribution in [2.24, 2.45) is 0 Å². The molecule has 1 amide bonds. The van der Waals surface area contributed by atoms with Crippen molar-refractivity contribution < 1.29 is 9.53 Å². The Morgan fingerprint density at radius 3 is 2.77 bits per heavy atom. The van der Waals surface area contributed by atoms with Gasteiger partial charge >= 0.3 is 0 Å². The molecule has 6 nitrogen and oxygen atoms in total. The van der Waals surface area contributed by atoms with E-state index in [1.807, 2.05) is 60.9 Å². The summed E-state index contributed by atoms with van der Waals surface area (Å²) >= 11 is 4.79. The Kier molecular flexibility index (Phi) is 7.70. The Hall–Kier alpha value is -2.58. The zero-order valence-electron chi connectivity index (χ0n) is 16.9. The van der Waals surface area contributed by atoms with E-state index in [1.54, 1.807) is 6.08 Å². The first-order valence-electron chi connectivity index (χ1n) is 9.38. The minimum atomic E-state index is -0.104. The molecular formula is C22H23BrN4O2S. The summed E-state index contributed by atoms with van der Waals surface area (Å²) in [6, 6.07) is 13.5. The maximum atomic E-state index is 12.4. The van der Waals surface area contributed by atoms with E-state index in [1.165, 1.54) is 11.8 Å². The molecule has 30 heavy (non-hydrogen) atoms. The van der Waals surface area contributed by atoms with Gasteiger partial charge in [0.05, 0.1) is 5.75 Å². The van der Waals surface area contributed by atoms with Gasteiger partial charge in [-0.1, -0.05) is 52.0 Å². The molecule has 3 rings (SSSR count). The second kappa shape index (κ2) is 10.4. The Morgan fingerprint density at radius 2 is 2.03 bits per heavy atom. The number of aryl methyl sites for hydroxylation is 2. The molecule has 0 radical (unpaired) electrons. The number of ether oxygens (including phenoxy) is 1. The topological polar surface area (TPSA) is 69.0 Å². The number of carbonyl (C=O) groups is 1. The van der Waals surface area contributed by atoms with Crippen LogP contribution in [0, 0.1) is 13.8 Å². The van der Waals surface area contributed by atoms with Crippen LogP contribution in [0.5, 0.6) is 5.75 Å². The molecule has 0 bridgehead atoms. The van der Waals surface area contributed by atoms with Gasteiger partial charge < -0.3 is 10.1 Å². The second-order valence-electron chi connectivity index (χ2n) is 6.65. The van der Waals surface area contributed by atoms with E-state index in [-0.39, 0.29) is 18.3 Å². The molecule has 8 heteroatoms. The van der Waals surface area contributed by atoms with Gasteiger partial charge in [0.15, 0.2) is 11.0 Å². The summed E-state index contributed by atoms with van der Waals surface area (Å²) in [6.07, 6.45) is 1.77. The molecule has 0 aliphatic carbocycles. The van der Waals surface area contributed by atoms with Gasteiger partial charge in [-0.25, -0.2) is 0 Å². The SMILES string of the molecule is C=CCn1c(COc2ccccc2C)nnc1SCC(=O)Nc1ccc(Br)c(C)c1. The van der Waals surface area contributed by atoms with Gasteiger partial charge in [-0.2, -0.15) is 0 Å². The van der Waals surface area contributed by atoms with Crippen molar-refractivity contribution >= 4 is 39.3 Å². The largest absolute Gasteiger partial charge is 0.485 e. The zero-order valence-corrected chi connectivity index (χ0v) is 19.3. The predicted molar refractivity (Wildman–Crippen MR) is 124 cm³/mol.